The van der Waals surface area contributed by atoms with E-state index in [0.717, 1.165) is 45.3 Å². The van der Waals surface area contributed by atoms with Gasteiger partial charge in [-0.1, -0.05) is 31.4 Å². The van der Waals surface area contributed by atoms with Gasteiger partial charge >= 0.3 is 12.1 Å². The summed E-state index contributed by atoms with van der Waals surface area (Å²) in [5.41, 5.74) is 6.09. The maximum absolute atomic E-state index is 13.5. The van der Waals surface area contributed by atoms with Crippen LogP contribution in [0.2, 0.25) is 0 Å². The third-order valence-corrected chi connectivity index (χ3v) is 8.49. The Labute approximate surface area is 258 Å². The van der Waals surface area contributed by atoms with Gasteiger partial charge in [0.25, 0.3) is 5.91 Å². The van der Waals surface area contributed by atoms with Crippen molar-refractivity contribution in [3.63, 3.8) is 0 Å². The number of benzene rings is 1. The number of hydrogen-bond donors (Lipinski definition) is 2. The number of fused-ring (bicyclic) bond motifs is 1. The molecule has 1 saturated carbocycles. The number of imidazole rings is 1. The van der Waals surface area contributed by atoms with Crippen LogP contribution in [0.25, 0.3) is 11.2 Å². The van der Waals surface area contributed by atoms with Gasteiger partial charge in [0.1, 0.15) is 6.07 Å². The number of nitriles is 1. The number of aryl methyl sites for hydroxylation is 1. The molecule has 0 atom stereocenters. The Kier molecular flexibility index (Phi) is 9.83. The van der Waals surface area contributed by atoms with Gasteiger partial charge in [0, 0.05) is 38.3 Å². The third-order valence-electron chi connectivity index (χ3n) is 8.49. The minimum Gasteiger partial charge on any atom is -0.475 e. The Balaban J connectivity index is 0.000000515. The molecule has 240 valence electrons. The normalized spacial score (nSPS) is 18.1. The Morgan fingerprint density at radius 1 is 1.07 bits per heavy atom. The summed E-state index contributed by atoms with van der Waals surface area (Å²) in [6.45, 7) is 5.67. The highest BCUT2D eigenvalue weighted by Crippen LogP contribution is 2.29. The van der Waals surface area contributed by atoms with E-state index < -0.39 is 12.1 Å². The van der Waals surface area contributed by atoms with Crippen molar-refractivity contribution in [2.24, 2.45) is 7.05 Å². The van der Waals surface area contributed by atoms with Gasteiger partial charge in [0.15, 0.2) is 17.0 Å². The zero-order chi connectivity index (χ0) is 32.1. The number of carbonyl (C=O) groups is 2. The van der Waals surface area contributed by atoms with Crippen LogP contribution < -0.4 is 10.4 Å². The second-order valence-corrected chi connectivity index (χ2v) is 11.7. The standard InChI is InChI=1S/C28H35N9O.C2HF3O2/c1-34-19-30-25-26(34)31-24(15-29)32-27(25)37(22-7-3-2-4-8-22)33-28(38)21-11-9-20(10-12-21)16-35-17-23(18-35)36-13-5-6-14-36;3-2(4,5)1(6)7/h9-12,19,22-23H,2-8,13-14,16-18H2,1H3,(H,33,38);(H,6,7). The molecule has 4 heterocycles. The second-order valence-electron chi connectivity index (χ2n) is 11.7. The number of likely N-dealkylation sites (tertiary alicyclic amines) is 2. The number of hydrazine groups is 1. The van der Waals surface area contributed by atoms with Gasteiger partial charge in [-0.15, -0.1) is 0 Å². The predicted molar refractivity (Wildman–Crippen MR) is 158 cm³/mol. The van der Waals surface area contributed by atoms with Crippen molar-refractivity contribution in [3.05, 3.63) is 47.5 Å². The van der Waals surface area contributed by atoms with Crippen LogP contribution in [0.4, 0.5) is 19.0 Å². The van der Waals surface area contributed by atoms with Crippen molar-refractivity contribution >= 4 is 28.9 Å². The molecule has 12 nitrogen and oxygen atoms in total. The Hall–Kier alpha value is -4.29. The Morgan fingerprint density at radius 2 is 1.71 bits per heavy atom. The summed E-state index contributed by atoms with van der Waals surface area (Å²) < 4.78 is 33.5. The number of hydrogen-bond acceptors (Lipinski definition) is 9. The molecule has 3 aliphatic rings. The van der Waals surface area contributed by atoms with Crippen LogP contribution >= 0.6 is 0 Å². The van der Waals surface area contributed by atoms with Crippen molar-refractivity contribution < 1.29 is 27.9 Å². The number of nitrogens with zero attached hydrogens (tertiary/aromatic N) is 8. The lowest BCUT2D eigenvalue weighted by Crippen LogP contribution is -2.58. The van der Waals surface area contributed by atoms with Gasteiger partial charge < -0.3 is 9.67 Å². The molecule has 1 aliphatic carbocycles. The molecule has 2 aromatic heterocycles. The first-order chi connectivity index (χ1) is 21.5. The first kappa shape index (κ1) is 32.1. The highest BCUT2D eigenvalue weighted by molar-refractivity contribution is 5.96. The number of halogens is 3. The average Bonchev–Trinajstić information content (AvgIpc) is 3.68. The SMILES string of the molecule is Cn1cnc2c(N(NC(=O)c3ccc(CN4CC(N5CCCC5)C4)cc3)C3CCCCC3)nc(C#N)nc21.O=C(O)C(F)(F)F. The monoisotopic (exact) mass is 627 g/mol. The maximum Gasteiger partial charge on any atom is 0.490 e. The molecule has 15 heteroatoms. The van der Waals surface area contributed by atoms with E-state index in [1.807, 2.05) is 24.2 Å². The van der Waals surface area contributed by atoms with E-state index in [4.69, 9.17) is 9.90 Å². The molecule has 3 fully saturated rings. The molecule has 1 aromatic carbocycles. The average molecular weight is 628 g/mol. The number of carbonyl (C=O) groups excluding carboxylic acids is 1. The van der Waals surface area contributed by atoms with Crippen LogP contribution in [-0.2, 0) is 18.4 Å². The predicted octanol–water partition coefficient (Wildman–Crippen LogP) is 3.63. The lowest BCUT2D eigenvalue weighted by atomic mass is 9.95. The van der Waals surface area contributed by atoms with Gasteiger partial charge in [0.2, 0.25) is 5.82 Å². The summed E-state index contributed by atoms with van der Waals surface area (Å²) in [6.07, 6.45) is 4.48. The molecule has 6 rings (SSSR count). The highest BCUT2D eigenvalue weighted by atomic mass is 19.4. The number of amides is 1. The van der Waals surface area contributed by atoms with Crippen LogP contribution in [0.3, 0.4) is 0 Å². The lowest BCUT2D eigenvalue weighted by molar-refractivity contribution is -0.192. The lowest BCUT2D eigenvalue weighted by Gasteiger charge is -2.44. The third kappa shape index (κ3) is 7.69. The first-order valence-corrected chi connectivity index (χ1v) is 15.1. The minimum absolute atomic E-state index is 0.0634. The van der Waals surface area contributed by atoms with Crippen LogP contribution in [0.5, 0.6) is 0 Å². The van der Waals surface area contributed by atoms with Crippen molar-refractivity contribution in [1.29, 1.82) is 5.26 Å². The van der Waals surface area contributed by atoms with Gasteiger partial charge in [-0.2, -0.15) is 28.4 Å². The molecular weight excluding hydrogens is 591 g/mol. The fourth-order valence-corrected chi connectivity index (χ4v) is 6.07. The first-order valence-electron chi connectivity index (χ1n) is 15.1. The zero-order valence-corrected chi connectivity index (χ0v) is 25.0. The second kappa shape index (κ2) is 13.8. The van der Waals surface area contributed by atoms with Crippen LogP contribution in [0, 0.1) is 11.3 Å². The van der Waals surface area contributed by atoms with Crippen molar-refractivity contribution in [1.82, 2.24) is 34.7 Å². The molecule has 0 spiro atoms. The van der Waals surface area contributed by atoms with Crippen molar-refractivity contribution in [2.45, 2.75) is 69.8 Å². The minimum atomic E-state index is -5.08. The van der Waals surface area contributed by atoms with E-state index in [-0.39, 0.29) is 17.8 Å². The van der Waals surface area contributed by atoms with Crippen molar-refractivity contribution in [3.8, 4) is 6.07 Å². The number of rotatable bonds is 7. The Bertz CT molecular complexity index is 1540. The summed E-state index contributed by atoms with van der Waals surface area (Å²) in [5.74, 6) is -2.41. The summed E-state index contributed by atoms with van der Waals surface area (Å²) in [4.78, 5) is 40.8. The number of anilines is 1. The fourth-order valence-electron chi connectivity index (χ4n) is 6.07. The molecule has 45 heavy (non-hydrogen) atoms. The largest absolute Gasteiger partial charge is 0.490 e. The molecule has 2 aliphatic heterocycles. The highest BCUT2D eigenvalue weighted by Gasteiger charge is 2.38. The molecule has 1 amide bonds. The van der Waals surface area contributed by atoms with E-state index in [9.17, 15) is 23.2 Å². The molecule has 2 saturated heterocycles. The van der Waals surface area contributed by atoms with E-state index in [1.54, 1.807) is 10.9 Å². The van der Waals surface area contributed by atoms with Crippen LogP contribution in [0.15, 0.2) is 30.6 Å². The van der Waals surface area contributed by atoms with Crippen LogP contribution in [-0.4, -0.2) is 90.7 Å². The number of carboxylic acids is 1. The van der Waals surface area contributed by atoms with Crippen molar-refractivity contribution in [2.75, 3.05) is 31.2 Å². The van der Waals surface area contributed by atoms with Gasteiger partial charge in [0.05, 0.1) is 12.4 Å². The molecular formula is C30H36F3N9O3. The van der Waals surface area contributed by atoms with E-state index in [2.05, 4.69) is 48.4 Å². The molecule has 0 bridgehead atoms. The fraction of sp³-hybridized carbons (Fsp3) is 0.533. The van der Waals surface area contributed by atoms with E-state index in [0.29, 0.717) is 28.6 Å². The summed E-state index contributed by atoms with van der Waals surface area (Å²) in [5, 5.41) is 18.5. The maximum atomic E-state index is 13.5. The number of alkyl halides is 3. The molecule has 2 N–H and O–H groups in total. The van der Waals surface area contributed by atoms with E-state index >= 15 is 0 Å². The van der Waals surface area contributed by atoms with Crippen LogP contribution in [0.1, 0.15) is 66.7 Å². The molecule has 0 radical (unpaired) electrons. The number of aromatic nitrogens is 4. The van der Waals surface area contributed by atoms with E-state index in [1.165, 1.54) is 37.9 Å². The number of carboxylic acid groups (broad SMARTS) is 1. The zero-order valence-electron chi connectivity index (χ0n) is 25.0. The summed E-state index contributed by atoms with van der Waals surface area (Å²) >= 11 is 0. The number of nitrogens with one attached hydrogen (secondary N) is 1. The Morgan fingerprint density at radius 3 is 2.31 bits per heavy atom. The van der Waals surface area contributed by atoms with Gasteiger partial charge in [-0.25, -0.2) is 9.78 Å². The molecule has 3 aromatic rings. The summed E-state index contributed by atoms with van der Waals surface area (Å²) in [7, 11) is 1.84. The summed E-state index contributed by atoms with van der Waals surface area (Å²) in [6, 6.07) is 10.8. The quantitative estimate of drug-likeness (QED) is 0.373. The topological polar surface area (TPSA) is 144 Å². The van der Waals surface area contributed by atoms with Gasteiger partial charge in [-0.05, 0) is 56.5 Å². The molecule has 0 unspecified atom stereocenters. The van der Waals surface area contributed by atoms with Gasteiger partial charge in [-0.3, -0.25) is 25.0 Å². The smallest absolute Gasteiger partial charge is 0.475 e. The number of aliphatic carboxylic acids is 1.